The average molecular weight is 489 g/mol. The number of rotatable bonds is 6. The third-order valence-corrected chi connectivity index (χ3v) is 6.29. The third kappa shape index (κ3) is 5.16. The number of hydrogen-bond acceptors (Lipinski definition) is 6. The van der Waals surface area contributed by atoms with Gasteiger partial charge >= 0.3 is 0 Å². The number of amides is 1. The minimum Gasteiger partial charge on any atom is -0.378 e. The number of nitro benzene ring substituents is 1. The molecule has 1 N–H and O–H groups in total. The quantitative estimate of drug-likeness (QED) is 0.494. The molecular formula is C22H25BrN4O4. The van der Waals surface area contributed by atoms with Crippen molar-refractivity contribution in [1.29, 1.82) is 0 Å². The number of nitro groups is 1. The molecule has 0 aromatic heterocycles. The zero-order chi connectivity index (χ0) is 21.8. The van der Waals surface area contributed by atoms with Gasteiger partial charge < -0.3 is 19.9 Å². The Morgan fingerprint density at radius 2 is 1.97 bits per heavy atom. The molecule has 1 atom stereocenters. The fourth-order valence-corrected chi connectivity index (χ4v) is 4.53. The lowest BCUT2D eigenvalue weighted by molar-refractivity contribution is -0.384. The largest absolute Gasteiger partial charge is 0.378 e. The van der Waals surface area contributed by atoms with E-state index in [4.69, 9.17) is 4.74 Å². The Balaban J connectivity index is 1.43. The molecule has 9 heteroatoms. The van der Waals surface area contributed by atoms with Crippen LogP contribution in [-0.4, -0.2) is 56.8 Å². The van der Waals surface area contributed by atoms with Crippen LogP contribution in [0.2, 0.25) is 0 Å². The fraction of sp³-hybridized carbons (Fsp3) is 0.409. The number of ether oxygens (including phenoxy) is 1. The molecule has 2 aliphatic heterocycles. The van der Waals surface area contributed by atoms with Gasteiger partial charge in [0.1, 0.15) is 0 Å². The number of non-ortho nitro benzene ring substituents is 1. The second kappa shape index (κ2) is 9.65. The summed E-state index contributed by atoms with van der Waals surface area (Å²) >= 11 is 3.51. The standard InChI is InChI=1S/C22H25BrN4O4/c23-17-2-1-3-18(12-17)26-7-6-16(15-26)14-24-22(28)20-13-19(27(29)30)4-5-21(20)25-8-10-31-11-9-25/h1-5,12-13,16H,6-11,14-15H2,(H,24,28). The molecule has 0 bridgehead atoms. The van der Waals surface area contributed by atoms with E-state index in [0.29, 0.717) is 50.0 Å². The lowest BCUT2D eigenvalue weighted by Crippen LogP contribution is -2.38. The summed E-state index contributed by atoms with van der Waals surface area (Å²) in [4.78, 5) is 28.2. The van der Waals surface area contributed by atoms with Crippen molar-refractivity contribution in [3.63, 3.8) is 0 Å². The van der Waals surface area contributed by atoms with Gasteiger partial charge in [0.2, 0.25) is 0 Å². The first-order valence-electron chi connectivity index (χ1n) is 10.4. The van der Waals surface area contributed by atoms with Crippen LogP contribution in [0.4, 0.5) is 17.1 Å². The van der Waals surface area contributed by atoms with Gasteiger partial charge in [0.25, 0.3) is 11.6 Å². The topological polar surface area (TPSA) is 88.0 Å². The molecule has 164 valence electrons. The molecule has 2 saturated heterocycles. The monoisotopic (exact) mass is 488 g/mol. The van der Waals surface area contributed by atoms with Crippen LogP contribution in [-0.2, 0) is 4.74 Å². The average Bonchev–Trinajstić information content (AvgIpc) is 3.27. The van der Waals surface area contributed by atoms with Gasteiger partial charge in [-0.1, -0.05) is 22.0 Å². The van der Waals surface area contributed by atoms with Crippen molar-refractivity contribution >= 4 is 38.9 Å². The smallest absolute Gasteiger partial charge is 0.270 e. The number of nitrogens with one attached hydrogen (secondary N) is 1. The number of nitrogens with zero attached hydrogens (tertiary/aromatic N) is 3. The molecule has 8 nitrogen and oxygen atoms in total. The normalized spacial score (nSPS) is 18.8. The molecule has 0 radical (unpaired) electrons. The predicted octanol–water partition coefficient (Wildman–Crippen LogP) is 3.45. The zero-order valence-electron chi connectivity index (χ0n) is 17.1. The Labute approximate surface area is 189 Å². The van der Waals surface area contributed by atoms with Crippen LogP contribution < -0.4 is 15.1 Å². The van der Waals surface area contributed by atoms with Crippen molar-refractivity contribution < 1.29 is 14.5 Å². The third-order valence-electron chi connectivity index (χ3n) is 5.80. The number of morpholine rings is 1. The Kier molecular flexibility index (Phi) is 6.72. The summed E-state index contributed by atoms with van der Waals surface area (Å²) in [5.74, 6) is 0.0552. The highest BCUT2D eigenvalue weighted by Gasteiger charge is 2.26. The number of halogens is 1. The van der Waals surface area contributed by atoms with Crippen LogP contribution in [0.5, 0.6) is 0 Å². The van der Waals surface area contributed by atoms with Crippen LogP contribution in [0.3, 0.4) is 0 Å². The molecule has 1 amide bonds. The fourth-order valence-electron chi connectivity index (χ4n) is 4.14. The first-order chi connectivity index (χ1) is 15.0. The number of anilines is 2. The molecule has 0 saturated carbocycles. The Morgan fingerprint density at radius 1 is 1.16 bits per heavy atom. The van der Waals surface area contributed by atoms with E-state index in [1.54, 1.807) is 6.07 Å². The highest BCUT2D eigenvalue weighted by molar-refractivity contribution is 9.10. The van der Waals surface area contributed by atoms with Crippen molar-refractivity contribution in [3.05, 3.63) is 62.6 Å². The number of carbonyl (C=O) groups is 1. The zero-order valence-corrected chi connectivity index (χ0v) is 18.7. The van der Waals surface area contributed by atoms with Gasteiger partial charge in [-0.3, -0.25) is 14.9 Å². The molecule has 2 aromatic rings. The van der Waals surface area contributed by atoms with E-state index in [1.165, 1.54) is 12.1 Å². The first kappa shape index (κ1) is 21.6. The van der Waals surface area contributed by atoms with Crippen LogP contribution in [0.1, 0.15) is 16.8 Å². The molecule has 1 unspecified atom stereocenters. The first-order valence-corrected chi connectivity index (χ1v) is 11.2. The van der Waals surface area contributed by atoms with Crippen molar-refractivity contribution in [2.24, 2.45) is 5.92 Å². The van der Waals surface area contributed by atoms with Gasteiger partial charge in [-0.25, -0.2) is 0 Å². The maximum atomic E-state index is 13.0. The Hall–Kier alpha value is -2.65. The van der Waals surface area contributed by atoms with Gasteiger partial charge in [-0.15, -0.1) is 0 Å². The summed E-state index contributed by atoms with van der Waals surface area (Å²) in [7, 11) is 0. The van der Waals surface area contributed by atoms with Gasteiger partial charge in [-0.05, 0) is 36.6 Å². The van der Waals surface area contributed by atoms with Gasteiger partial charge in [-0.2, -0.15) is 0 Å². The van der Waals surface area contributed by atoms with Gasteiger partial charge in [0, 0.05) is 55.0 Å². The minimum absolute atomic E-state index is 0.0798. The van der Waals surface area contributed by atoms with Crippen molar-refractivity contribution in [3.8, 4) is 0 Å². The molecular weight excluding hydrogens is 464 g/mol. The van der Waals surface area contributed by atoms with E-state index in [2.05, 4.69) is 38.3 Å². The number of hydrogen-bond donors (Lipinski definition) is 1. The van der Waals surface area contributed by atoms with Crippen LogP contribution in [0, 0.1) is 16.0 Å². The van der Waals surface area contributed by atoms with E-state index >= 15 is 0 Å². The van der Waals surface area contributed by atoms with E-state index in [9.17, 15) is 14.9 Å². The Morgan fingerprint density at radius 3 is 2.71 bits per heavy atom. The summed E-state index contributed by atoms with van der Waals surface area (Å²) in [6.07, 6.45) is 0.984. The van der Waals surface area contributed by atoms with Crippen LogP contribution in [0.25, 0.3) is 0 Å². The summed E-state index contributed by atoms with van der Waals surface area (Å²) in [6, 6.07) is 12.7. The van der Waals surface area contributed by atoms with Crippen LogP contribution in [0.15, 0.2) is 46.9 Å². The molecule has 2 aliphatic rings. The highest BCUT2D eigenvalue weighted by atomic mass is 79.9. The lowest BCUT2D eigenvalue weighted by atomic mass is 10.1. The molecule has 4 rings (SSSR count). The van der Waals surface area contributed by atoms with Crippen LogP contribution >= 0.6 is 15.9 Å². The molecule has 31 heavy (non-hydrogen) atoms. The second-order valence-corrected chi connectivity index (χ2v) is 8.76. The van der Waals surface area contributed by atoms with Gasteiger partial charge in [0.05, 0.1) is 29.4 Å². The highest BCUT2D eigenvalue weighted by Crippen LogP contribution is 2.28. The van der Waals surface area contributed by atoms with E-state index in [-0.39, 0.29) is 11.6 Å². The maximum Gasteiger partial charge on any atom is 0.270 e. The minimum atomic E-state index is -0.466. The SMILES string of the molecule is O=C(NCC1CCN(c2cccc(Br)c2)C1)c1cc([N+](=O)[O-])ccc1N1CCOCC1. The molecule has 0 spiro atoms. The molecule has 2 fully saturated rings. The maximum absolute atomic E-state index is 13.0. The second-order valence-electron chi connectivity index (χ2n) is 7.85. The number of benzene rings is 2. The van der Waals surface area contributed by atoms with Crippen molar-refractivity contribution in [1.82, 2.24) is 5.32 Å². The predicted molar refractivity (Wildman–Crippen MR) is 123 cm³/mol. The number of carbonyl (C=O) groups excluding carboxylic acids is 1. The lowest BCUT2D eigenvalue weighted by Gasteiger charge is -2.30. The van der Waals surface area contributed by atoms with E-state index in [1.807, 2.05) is 17.0 Å². The summed E-state index contributed by atoms with van der Waals surface area (Å²) in [6.45, 7) is 4.80. The summed E-state index contributed by atoms with van der Waals surface area (Å²) in [5.41, 5.74) is 2.15. The summed E-state index contributed by atoms with van der Waals surface area (Å²) in [5, 5.41) is 14.3. The Bertz CT molecular complexity index is 964. The molecule has 2 aromatic carbocycles. The summed E-state index contributed by atoms with van der Waals surface area (Å²) < 4.78 is 6.44. The molecule has 2 heterocycles. The van der Waals surface area contributed by atoms with Gasteiger partial charge in [0.15, 0.2) is 0 Å². The molecule has 0 aliphatic carbocycles. The van der Waals surface area contributed by atoms with E-state index in [0.717, 1.165) is 29.7 Å². The van der Waals surface area contributed by atoms with Crippen molar-refractivity contribution in [2.75, 3.05) is 55.7 Å². The van der Waals surface area contributed by atoms with Crippen molar-refractivity contribution in [2.45, 2.75) is 6.42 Å². The van der Waals surface area contributed by atoms with E-state index < -0.39 is 4.92 Å².